The number of ether oxygens (including phenoxy) is 1. The summed E-state index contributed by atoms with van der Waals surface area (Å²) in [6.07, 6.45) is 0. The van der Waals surface area contributed by atoms with Crippen LogP contribution >= 0.6 is 0 Å². The third-order valence-corrected chi connectivity index (χ3v) is 6.27. The number of sulfonamides is 1. The van der Waals surface area contributed by atoms with Gasteiger partial charge in [-0.05, 0) is 50.1 Å². The number of amides is 1. The highest BCUT2D eigenvalue weighted by atomic mass is 32.2. The number of hydrogen-bond acceptors (Lipinski definition) is 5. The van der Waals surface area contributed by atoms with Crippen molar-refractivity contribution in [1.29, 1.82) is 0 Å². The largest absolute Gasteiger partial charge is 0.482 e. The van der Waals surface area contributed by atoms with Crippen LogP contribution in [0.2, 0.25) is 0 Å². The van der Waals surface area contributed by atoms with Crippen LogP contribution in [0.15, 0.2) is 41.3 Å². The van der Waals surface area contributed by atoms with Gasteiger partial charge in [0.1, 0.15) is 5.75 Å². The lowest BCUT2D eigenvalue weighted by Gasteiger charge is -2.21. The minimum Gasteiger partial charge on any atom is -0.482 e. The maximum absolute atomic E-state index is 12.8. The molecule has 0 unspecified atom stereocenters. The van der Waals surface area contributed by atoms with Gasteiger partial charge in [0.2, 0.25) is 10.0 Å². The van der Waals surface area contributed by atoms with Crippen molar-refractivity contribution in [1.82, 2.24) is 4.72 Å². The van der Waals surface area contributed by atoms with Gasteiger partial charge in [-0.3, -0.25) is 4.79 Å². The standard InChI is InChI=1S/C20H25N3O4S/c1-4-23(5-2)16-8-6-15(7-9-16)12-21-28(25,26)19-11-18-17(10-14(19)3)22-20(24)13-27-18/h6-11,21H,4-5,12-13H2,1-3H3,(H,22,24). The number of hydrogen-bond donors (Lipinski definition) is 2. The summed E-state index contributed by atoms with van der Waals surface area (Å²) in [5.41, 5.74) is 3.01. The zero-order chi connectivity index (χ0) is 20.3. The van der Waals surface area contributed by atoms with Gasteiger partial charge in [-0.1, -0.05) is 12.1 Å². The third-order valence-electron chi connectivity index (χ3n) is 4.73. The molecular formula is C20H25N3O4S. The molecule has 8 heteroatoms. The number of carbonyl (C=O) groups is 1. The van der Waals surface area contributed by atoms with Crippen LogP contribution < -0.4 is 19.7 Å². The van der Waals surface area contributed by atoms with Crippen LogP contribution in [0, 0.1) is 6.92 Å². The Hall–Kier alpha value is -2.58. The Balaban J connectivity index is 1.75. The van der Waals surface area contributed by atoms with E-state index in [2.05, 4.69) is 28.8 Å². The van der Waals surface area contributed by atoms with Crippen LogP contribution in [-0.2, 0) is 21.4 Å². The molecule has 0 bridgehead atoms. The molecule has 1 amide bonds. The second-order valence-corrected chi connectivity index (χ2v) is 8.35. The number of fused-ring (bicyclic) bond motifs is 1. The van der Waals surface area contributed by atoms with E-state index < -0.39 is 10.0 Å². The minimum absolute atomic E-state index is 0.123. The molecule has 0 aliphatic carbocycles. The fourth-order valence-corrected chi connectivity index (χ4v) is 4.43. The zero-order valence-corrected chi connectivity index (χ0v) is 17.1. The summed E-state index contributed by atoms with van der Waals surface area (Å²) in [4.78, 5) is 13.8. The lowest BCUT2D eigenvalue weighted by molar-refractivity contribution is -0.118. The Bertz CT molecular complexity index is 968. The van der Waals surface area contributed by atoms with Gasteiger partial charge in [0.05, 0.1) is 10.6 Å². The number of anilines is 2. The smallest absolute Gasteiger partial charge is 0.262 e. The van der Waals surface area contributed by atoms with Crippen molar-refractivity contribution in [3.63, 3.8) is 0 Å². The van der Waals surface area contributed by atoms with Gasteiger partial charge in [0.25, 0.3) is 5.91 Å². The Morgan fingerprint density at radius 3 is 2.46 bits per heavy atom. The molecule has 2 aromatic carbocycles. The number of carbonyl (C=O) groups excluding carboxylic acids is 1. The molecule has 1 heterocycles. The molecule has 0 spiro atoms. The van der Waals surface area contributed by atoms with Crippen LogP contribution in [0.25, 0.3) is 0 Å². The number of rotatable bonds is 7. The molecule has 2 aromatic rings. The van der Waals surface area contributed by atoms with Crippen molar-refractivity contribution in [3.05, 3.63) is 47.5 Å². The van der Waals surface area contributed by atoms with E-state index in [0.29, 0.717) is 17.0 Å². The molecule has 0 radical (unpaired) electrons. The van der Waals surface area contributed by atoms with Crippen LogP contribution in [0.3, 0.4) is 0 Å². The monoisotopic (exact) mass is 403 g/mol. The van der Waals surface area contributed by atoms with Gasteiger partial charge < -0.3 is 15.0 Å². The topological polar surface area (TPSA) is 87.7 Å². The first-order valence-corrected chi connectivity index (χ1v) is 10.7. The lowest BCUT2D eigenvalue weighted by Crippen LogP contribution is -2.27. The van der Waals surface area contributed by atoms with Crippen molar-refractivity contribution in [3.8, 4) is 5.75 Å². The highest BCUT2D eigenvalue weighted by Crippen LogP contribution is 2.32. The van der Waals surface area contributed by atoms with E-state index in [9.17, 15) is 13.2 Å². The van der Waals surface area contributed by atoms with Crippen LogP contribution in [0.4, 0.5) is 11.4 Å². The van der Waals surface area contributed by atoms with Crippen molar-refractivity contribution in [2.75, 3.05) is 29.9 Å². The molecule has 2 N–H and O–H groups in total. The van der Waals surface area contributed by atoms with Gasteiger partial charge >= 0.3 is 0 Å². The van der Waals surface area contributed by atoms with E-state index >= 15 is 0 Å². The Morgan fingerprint density at radius 2 is 1.82 bits per heavy atom. The van der Waals surface area contributed by atoms with E-state index in [4.69, 9.17) is 4.74 Å². The quantitative estimate of drug-likeness (QED) is 0.742. The summed E-state index contributed by atoms with van der Waals surface area (Å²) < 4.78 is 33.5. The van der Waals surface area contributed by atoms with E-state index in [1.165, 1.54) is 6.07 Å². The Labute approximate surface area is 165 Å². The van der Waals surface area contributed by atoms with Gasteiger partial charge in [-0.2, -0.15) is 0 Å². The average Bonchev–Trinajstić information content (AvgIpc) is 2.67. The number of nitrogens with one attached hydrogen (secondary N) is 2. The maximum Gasteiger partial charge on any atom is 0.262 e. The first-order valence-electron chi connectivity index (χ1n) is 9.25. The summed E-state index contributed by atoms with van der Waals surface area (Å²) in [6.45, 7) is 7.79. The summed E-state index contributed by atoms with van der Waals surface area (Å²) in [6, 6.07) is 10.9. The summed E-state index contributed by atoms with van der Waals surface area (Å²) in [7, 11) is -3.73. The summed E-state index contributed by atoms with van der Waals surface area (Å²) in [5, 5.41) is 2.68. The van der Waals surface area contributed by atoms with E-state index in [-0.39, 0.29) is 24.0 Å². The van der Waals surface area contributed by atoms with Crippen molar-refractivity contribution in [2.45, 2.75) is 32.2 Å². The van der Waals surface area contributed by atoms with Gasteiger partial charge in [0, 0.05) is 31.4 Å². The Morgan fingerprint density at radius 1 is 1.14 bits per heavy atom. The number of benzene rings is 2. The number of aryl methyl sites for hydroxylation is 1. The average molecular weight is 404 g/mol. The molecule has 3 rings (SSSR count). The Kier molecular flexibility index (Phi) is 5.90. The van der Waals surface area contributed by atoms with Crippen molar-refractivity contribution >= 4 is 27.3 Å². The first-order chi connectivity index (χ1) is 13.3. The second-order valence-electron chi connectivity index (χ2n) is 6.61. The first kappa shape index (κ1) is 20.2. The van der Waals surface area contributed by atoms with Crippen LogP contribution in [-0.4, -0.2) is 34.0 Å². The van der Waals surface area contributed by atoms with Crippen molar-refractivity contribution < 1.29 is 17.9 Å². The van der Waals surface area contributed by atoms with E-state index in [1.807, 2.05) is 24.3 Å². The molecule has 150 valence electrons. The summed E-state index contributed by atoms with van der Waals surface area (Å²) >= 11 is 0. The molecule has 0 aromatic heterocycles. The molecule has 1 aliphatic rings. The predicted octanol–water partition coefficient (Wildman–Crippen LogP) is 2.65. The maximum atomic E-state index is 12.8. The second kappa shape index (κ2) is 8.20. The van der Waals surface area contributed by atoms with Gasteiger partial charge in [0.15, 0.2) is 6.61 Å². The predicted molar refractivity (Wildman–Crippen MR) is 109 cm³/mol. The molecule has 0 fully saturated rings. The van der Waals surface area contributed by atoms with Crippen LogP contribution in [0.1, 0.15) is 25.0 Å². The zero-order valence-electron chi connectivity index (χ0n) is 16.3. The molecule has 0 saturated heterocycles. The summed E-state index contributed by atoms with van der Waals surface area (Å²) in [5.74, 6) is 0.0999. The van der Waals surface area contributed by atoms with E-state index in [0.717, 1.165) is 24.3 Å². The fourth-order valence-electron chi connectivity index (χ4n) is 3.18. The van der Waals surface area contributed by atoms with E-state index in [1.54, 1.807) is 13.0 Å². The molecule has 0 saturated carbocycles. The molecule has 7 nitrogen and oxygen atoms in total. The van der Waals surface area contributed by atoms with Crippen molar-refractivity contribution in [2.24, 2.45) is 0 Å². The molecular weight excluding hydrogens is 378 g/mol. The highest BCUT2D eigenvalue weighted by molar-refractivity contribution is 7.89. The van der Waals surface area contributed by atoms with Crippen LogP contribution in [0.5, 0.6) is 5.75 Å². The molecule has 28 heavy (non-hydrogen) atoms. The minimum atomic E-state index is -3.73. The third kappa shape index (κ3) is 4.28. The normalized spacial score (nSPS) is 13.5. The lowest BCUT2D eigenvalue weighted by atomic mass is 10.2. The number of nitrogens with zero attached hydrogens (tertiary/aromatic N) is 1. The molecule has 0 atom stereocenters. The molecule has 1 aliphatic heterocycles. The fraction of sp³-hybridized carbons (Fsp3) is 0.350. The van der Waals surface area contributed by atoms with Gasteiger partial charge in [-0.15, -0.1) is 0 Å². The SMILES string of the molecule is CCN(CC)c1ccc(CNS(=O)(=O)c2cc3c(cc2C)NC(=O)CO3)cc1. The van der Waals surface area contributed by atoms with Gasteiger partial charge in [-0.25, -0.2) is 13.1 Å². The highest BCUT2D eigenvalue weighted by Gasteiger charge is 2.23.